The summed E-state index contributed by atoms with van der Waals surface area (Å²) in [5, 5.41) is 5.69. The van der Waals surface area contributed by atoms with Crippen molar-refractivity contribution in [3.8, 4) is 22.4 Å². The summed E-state index contributed by atoms with van der Waals surface area (Å²) >= 11 is 11.9. The Kier molecular flexibility index (Phi) is 3.86. The highest BCUT2D eigenvalue weighted by Crippen LogP contribution is 2.29. The maximum Gasteiger partial charge on any atom is 0.274 e. The zero-order chi connectivity index (χ0) is 17.6. The quantitative estimate of drug-likeness (QED) is 0.542. The first kappa shape index (κ1) is 15.9. The number of hydrogen-bond donors (Lipinski definition) is 1. The van der Waals surface area contributed by atoms with Gasteiger partial charge in [0.1, 0.15) is 5.65 Å². The van der Waals surface area contributed by atoms with Crippen LogP contribution in [0.1, 0.15) is 5.69 Å². The highest BCUT2D eigenvalue weighted by atomic mass is 35.5. The van der Waals surface area contributed by atoms with Crippen LogP contribution in [-0.4, -0.2) is 14.6 Å². The molecule has 2 heterocycles. The number of hydrogen-bond acceptors (Lipinski definition) is 2. The molecular formula is C19H13Cl2N3O. The topological polar surface area (TPSA) is 50.2 Å². The lowest BCUT2D eigenvalue weighted by Crippen LogP contribution is -2.14. The number of aromatic nitrogens is 3. The third-order valence-electron chi connectivity index (χ3n) is 4.08. The van der Waals surface area contributed by atoms with Crippen molar-refractivity contribution in [2.45, 2.75) is 6.92 Å². The molecule has 0 aliphatic heterocycles. The normalized spacial score (nSPS) is 11.2. The van der Waals surface area contributed by atoms with Crippen LogP contribution in [0.2, 0.25) is 10.0 Å². The van der Waals surface area contributed by atoms with Crippen LogP contribution in [0.3, 0.4) is 0 Å². The monoisotopic (exact) mass is 369 g/mol. The molecule has 0 aliphatic carbocycles. The lowest BCUT2D eigenvalue weighted by Gasteiger charge is -2.05. The van der Waals surface area contributed by atoms with E-state index in [0.29, 0.717) is 21.4 Å². The summed E-state index contributed by atoms with van der Waals surface area (Å²) in [4.78, 5) is 15.9. The number of aromatic amines is 1. The van der Waals surface area contributed by atoms with E-state index in [0.717, 1.165) is 22.4 Å². The Morgan fingerprint density at radius 2 is 1.48 bits per heavy atom. The fourth-order valence-electron chi connectivity index (χ4n) is 2.90. The largest absolute Gasteiger partial charge is 0.339 e. The fraction of sp³-hybridized carbons (Fsp3) is 0.0526. The molecule has 0 aliphatic rings. The number of halogens is 2. The van der Waals surface area contributed by atoms with Crippen molar-refractivity contribution in [3.05, 3.63) is 80.7 Å². The molecule has 0 saturated heterocycles. The average Bonchev–Trinajstić information content (AvgIpc) is 2.93. The second-order valence-electron chi connectivity index (χ2n) is 5.76. The van der Waals surface area contributed by atoms with Crippen LogP contribution in [0.25, 0.3) is 28.0 Å². The minimum absolute atomic E-state index is 0.193. The van der Waals surface area contributed by atoms with Gasteiger partial charge >= 0.3 is 0 Å². The second kappa shape index (κ2) is 6.06. The van der Waals surface area contributed by atoms with E-state index in [-0.39, 0.29) is 5.56 Å². The van der Waals surface area contributed by atoms with Gasteiger partial charge in [0.15, 0.2) is 0 Å². The molecular weight excluding hydrogens is 357 g/mol. The predicted octanol–water partition coefficient (Wildman–Crippen LogP) is 4.97. The lowest BCUT2D eigenvalue weighted by molar-refractivity contribution is 0.882. The van der Waals surface area contributed by atoms with Crippen molar-refractivity contribution >= 4 is 28.8 Å². The summed E-state index contributed by atoms with van der Waals surface area (Å²) in [6.45, 7) is 1.88. The minimum Gasteiger partial charge on any atom is -0.339 e. The van der Waals surface area contributed by atoms with E-state index in [2.05, 4.69) is 10.1 Å². The van der Waals surface area contributed by atoms with Crippen molar-refractivity contribution in [1.82, 2.24) is 14.6 Å². The van der Waals surface area contributed by atoms with Gasteiger partial charge in [0.05, 0.1) is 11.4 Å². The molecule has 2 aromatic heterocycles. The van der Waals surface area contributed by atoms with Crippen LogP contribution < -0.4 is 5.56 Å². The van der Waals surface area contributed by atoms with Crippen LogP contribution >= 0.6 is 23.2 Å². The van der Waals surface area contributed by atoms with Crippen LogP contribution in [0, 0.1) is 6.92 Å². The average molecular weight is 370 g/mol. The van der Waals surface area contributed by atoms with E-state index in [9.17, 15) is 4.79 Å². The van der Waals surface area contributed by atoms with Crippen molar-refractivity contribution in [2.24, 2.45) is 0 Å². The smallest absolute Gasteiger partial charge is 0.274 e. The van der Waals surface area contributed by atoms with E-state index in [4.69, 9.17) is 23.2 Å². The van der Waals surface area contributed by atoms with Crippen molar-refractivity contribution in [2.75, 3.05) is 0 Å². The molecule has 4 nitrogen and oxygen atoms in total. The van der Waals surface area contributed by atoms with Crippen molar-refractivity contribution < 1.29 is 0 Å². The fourth-order valence-corrected chi connectivity index (χ4v) is 3.15. The van der Waals surface area contributed by atoms with Crippen LogP contribution in [0.5, 0.6) is 0 Å². The number of benzene rings is 2. The first-order valence-corrected chi connectivity index (χ1v) is 8.43. The zero-order valence-corrected chi connectivity index (χ0v) is 14.8. The number of H-pyrrole nitrogens is 1. The van der Waals surface area contributed by atoms with Gasteiger partial charge in [-0.25, -0.2) is 0 Å². The number of nitrogens with one attached hydrogen (secondary N) is 1. The summed E-state index contributed by atoms with van der Waals surface area (Å²) < 4.78 is 1.39. The predicted molar refractivity (Wildman–Crippen MR) is 101 cm³/mol. The van der Waals surface area contributed by atoms with Gasteiger partial charge in [0.25, 0.3) is 5.56 Å². The molecule has 4 rings (SSSR count). The van der Waals surface area contributed by atoms with E-state index < -0.39 is 0 Å². The Balaban J connectivity index is 1.98. The molecule has 124 valence electrons. The summed E-state index contributed by atoms with van der Waals surface area (Å²) in [5.74, 6) is 0. The molecule has 0 fully saturated rings. The van der Waals surface area contributed by atoms with Crippen molar-refractivity contribution in [3.63, 3.8) is 0 Å². The van der Waals surface area contributed by atoms with Gasteiger partial charge in [0, 0.05) is 21.7 Å². The summed E-state index contributed by atoms with van der Waals surface area (Å²) in [6.07, 6.45) is 0. The number of nitrogens with zero attached hydrogens (tertiary/aromatic N) is 2. The molecule has 0 unspecified atom stereocenters. The van der Waals surface area contributed by atoms with Crippen LogP contribution in [0.15, 0.2) is 59.4 Å². The zero-order valence-electron chi connectivity index (χ0n) is 13.3. The number of aryl methyl sites for hydroxylation is 1. The van der Waals surface area contributed by atoms with Crippen molar-refractivity contribution in [1.29, 1.82) is 0 Å². The molecule has 0 saturated carbocycles. The summed E-state index contributed by atoms with van der Waals surface area (Å²) in [6, 6.07) is 16.3. The van der Waals surface area contributed by atoms with E-state index in [1.807, 2.05) is 43.3 Å². The van der Waals surface area contributed by atoms with Gasteiger partial charge in [-0.2, -0.15) is 9.61 Å². The van der Waals surface area contributed by atoms with Crippen LogP contribution in [0.4, 0.5) is 0 Å². The van der Waals surface area contributed by atoms with E-state index in [1.165, 1.54) is 10.6 Å². The molecule has 0 radical (unpaired) electrons. The van der Waals surface area contributed by atoms with Gasteiger partial charge < -0.3 is 4.98 Å². The van der Waals surface area contributed by atoms with E-state index in [1.54, 1.807) is 12.1 Å². The Hall–Kier alpha value is -2.56. The molecule has 4 aromatic rings. The number of fused-ring (bicyclic) bond motifs is 1. The standard InChI is InChI=1S/C19H13Cl2N3O/c1-11-18(13-4-8-15(21)9-5-13)19-22-16(10-17(25)24(19)23-11)12-2-6-14(20)7-3-12/h2-10,22H,1H3. The Morgan fingerprint density at radius 3 is 2.08 bits per heavy atom. The number of rotatable bonds is 2. The van der Waals surface area contributed by atoms with Crippen LogP contribution in [-0.2, 0) is 0 Å². The lowest BCUT2D eigenvalue weighted by atomic mass is 10.1. The second-order valence-corrected chi connectivity index (χ2v) is 6.63. The Bertz CT molecular complexity index is 1130. The highest BCUT2D eigenvalue weighted by Gasteiger charge is 2.15. The molecule has 0 spiro atoms. The molecule has 6 heteroatoms. The minimum atomic E-state index is -0.193. The Morgan fingerprint density at radius 1 is 0.920 bits per heavy atom. The molecule has 0 atom stereocenters. The maximum atomic E-state index is 12.5. The SMILES string of the molecule is Cc1nn2c(=O)cc(-c3ccc(Cl)cc3)[nH]c2c1-c1ccc(Cl)cc1. The van der Waals surface area contributed by atoms with E-state index >= 15 is 0 Å². The molecule has 1 N–H and O–H groups in total. The van der Waals surface area contributed by atoms with Gasteiger partial charge in [-0.1, -0.05) is 47.5 Å². The third kappa shape index (κ3) is 2.84. The summed E-state index contributed by atoms with van der Waals surface area (Å²) in [7, 11) is 0. The first-order chi connectivity index (χ1) is 12.0. The highest BCUT2D eigenvalue weighted by molar-refractivity contribution is 6.30. The molecule has 25 heavy (non-hydrogen) atoms. The molecule has 2 aromatic carbocycles. The maximum absolute atomic E-state index is 12.5. The molecule has 0 amide bonds. The third-order valence-corrected chi connectivity index (χ3v) is 4.58. The molecule has 0 bridgehead atoms. The summed E-state index contributed by atoms with van der Waals surface area (Å²) in [5.41, 5.74) is 4.64. The van der Waals surface area contributed by atoms with Gasteiger partial charge in [-0.15, -0.1) is 0 Å². The van der Waals surface area contributed by atoms with Gasteiger partial charge in [0.2, 0.25) is 0 Å². The first-order valence-electron chi connectivity index (χ1n) is 7.67. The Labute approximate surface area is 153 Å². The van der Waals surface area contributed by atoms with Gasteiger partial charge in [-0.3, -0.25) is 4.79 Å². The van der Waals surface area contributed by atoms with Gasteiger partial charge in [-0.05, 0) is 42.3 Å².